The van der Waals surface area contributed by atoms with Gasteiger partial charge in [0.1, 0.15) is 0 Å². The molecule has 1 heterocycles. The van der Waals surface area contributed by atoms with Crippen LogP contribution in [0, 0.1) is 11.2 Å². The zero-order chi connectivity index (χ0) is 16.5. The SMILES string of the molecule is CC(C)c1cc(F)c(OC(F)F)c(B2OCC(C)(C)CO2)c1. The molecule has 3 nitrogen and oxygen atoms in total. The zero-order valence-corrected chi connectivity index (χ0v) is 13.2. The maximum atomic E-state index is 14.2. The number of benzene rings is 1. The lowest BCUT2D eigenvalue weighted by atomic mass is 9.74. The largest absolute Gasteiger partial charge is 0.497 e. The molecule has 0 radical (unpaired) electrons. The Morgan fingerprint density at radius 1 is 1.18 bits per heavy atom. The van der Waals surface area contributed by atoms with E-state index in [0.29, 0.717) is 18.8 Å². The fourth-order valence-electron chi connectivity index (χ4n) is 2.23. The van der Waals surface area contributed by atoms with E-state index in [2.05, 4.69) is 4.74 Å². The molecule has 1 aliphatic rings. The second kappa shape index (κ2) is 6.50. The van der Waals surface area contributed by atoms with Crippen molar-refractivity contribution in [2.75, 3.05) is 13.2 Å². The minimum atomic E-state index is -3.11. The summed E-state index contributed by atoms with van der Waals surface area (Å²) in [7, 11) is -0.907. The summed E-state index contributed by atoms with van der Waals surface area (Å²) in [4.78, 5) is 0. The van der Waals surface area contributed by atoms with Gasteiger partial charge >= 0.3 is 13.7 Å². The van der Waals surface area contributed by atoms with Crippen LogP contribution in [0.2, 0.25) is 0 Å². The Morgan fingerprint density at radius 3 is 2.27 bits per heavy atom. The minimum Gasteiger partial charge on any atom is -0.432 e. The lowest BCUT2D eigenvalue weighted by Crippen LogP contribution is -2.48. The van der Waals surface area contributed by atoms with E-state index in [-0.39, 0.29) is 16.8 Å². The van der Waals surface area contributed by atoms with E-state index >= 15 is 0 Å². The predicted octanol–water partition coefficient (Wildman–Crippen LogP) is 3.32. The first kappa shape index (κ1) is 17.2. The van der Waals surface area contributed by atoms with Crippen molar-refractivity contribution in [3.63, 3.8) is 0 Å². The van der Waals surface area contributed by atoms with Gasteiger partial charge in [0, 0.05) is 24.1 Å². The van der Waals surface area contributed by atoms with Gasteiger partial charge in [-0.1, -0.05) is 33.8 Å². The molecule has 0 amide bonds. The Balaban J connectivity index is 2.38. The molecule has 0 aromatic heterocycles. The number of ether oxygens (including phenoxy) is 1. The topological polar surface area (TPSA) is 27.7 Å². The highest BCUT2D eigenvalue weighted by Crippen LogP contribution is 2.27. The molecule has 0 aliphatic carbocycles. The quantitative estimate of drug-likeness (QED) is 0.798. The number of hydrogen-bond acceptors (Lipinski definition) is 3. The summed E-state index contributed by atoms with van der Waals surface area (Å²) < 4.78 is 54.8. The Kier molecular flexibility index (Phi) is 5.07. The molecule has 1 aliphatic heterocycles. The van der Waals surface area contributed by atoms with Gasteiger partial charge in [0.05, 0.1) is 0 Å². The van der Waals surface area contributed by atoms with Gasteiger partial charge in [-0.2, -0.15) is 8.78 Å². The van der Waals surface area contributed by atoms with Crippen LogP contribution in [-0.4, -0.2) is 26.9 Å². The van der Waals surface area contributed by atoms with Crippen molar-refractivity contribution in [3.8, 4) is 5.75 Å². The first-order valence-electron chi connectivity index (χ1n) is 7.21. The summed E-state index contributed by atoms with van der Waals surface area (Å²) in [6, 6.07) is 2.81. The van der Waals surface area contributed by atoms with Crippen molar-refractivity contribution in [3.05, 3.63) is 23.5 Å². The number of alkyl halides is 2. The molecule has 2 rings (SSSR count). The summed E-state index contributed by atoms with van der Waals surface area (Å²) in [5.41, 5.74) is 0.666. The van der Waals surface area contributed by atoms with Gasteiger partial charge in [-0.15, -0.1) is 0 Å². The van der Waals surface area contributed by atoms with Crippen molar-refractivity contribution in [2.45, 2.75) is 40.2 Å². The lowest BCUT2D eigenvalue weighted by molar-refractivity contribution is -0.0518. The molecule has 1 fully saturated rings. The fraction of sp³-hybridized carbons (Fsp3) is 0.600. The third-order valence-corrected chi connectivity index (χ3v) is 3.47. The first-order valence-corrected chi connectivity index (χ1v) is 7.21. The van der Waals surface area contributed by atoms with Crippen molar-refractivity contribution in [2.24, 2.45) is 5.41 Å². The van der Waals surface area contributed by atoms with Gasteiger partial charge in [-0.25, -0.2) is 4.39 Å². The van der Waals surface area contributed by atoms with E-state index in [1.807, 2.05) is 27.7 Å². The maximum absolute atomic E-state index is 14.2. The summed E-state index contributed by atoms with van der Waals surface area (Å²) in [6.45, 7) is 5.36. The molecule has 0 saturated carbocycles. The van der Waals surface area contributed by atoms with Crippen LogP contribution in [-0.2, 0) is 9.31 Å². The van der Waals surface area contributed by atoms with E-state index < -0.39 is 25.3 Å². The molecule has 0 atom stereocenters. The van der Waals surface area contributed by atoms with E-state index in [4.69, 9.17) is 9.31 Å². The van der Waals surface area contributed by atoms with E-state index in [0.717, 1.165) is 0 Å². The summed E-state index contributed by atoms with van der Waals surface area (Å²) in [5, 5.41) is 0. The standard InChI is InChI=1S/C15H20BF3O3/c1-9(2)10-5-11(13(12(17)6-10)22-14(18)19)16-20-7-15(3,4)8-21-16/h5-6,9,14H,7-8H2,1-4H3. The number of hydrogen-bond donors (Lipinski definition) is 0. The van der Waals surface area contributed by atoms with Gasteiger partial charge in [0.25, 0.3) is 0 Å². The smallest absolute Gasteiger partial charge is 0.432 e. The fourth-order valence-corrected chi connectivity index (χ4v) is 2.23. The zero-order valence-electron chi connectivity index (χ0n) is 13.2. The maximum Gasteiger partial charge on any atom is 0.497 e. The molecule has 122 valence electrons. The summed E-state index contributed by atoms with van der Waals surface area (Å²) >= 11 is 0. The minimum absolute atomic E-state index is 0.0360. The predicted molar refractivity (Wildman–Crippen MR) is 78.2 cm³/mol. The molecule has 1 saturated heterocycles. The highest BCUT2D eigenvalue weighted by molar-refractivity contribution is 6.62. The number of rotatable bonds is 4. The lowest BCUT2D eigenvalue weighted by Gasteiger charge is -2.33. The summed E-state index contributed by atoms with van der Waals surface area (Å²) in [5.74, 6) is -1.31. The number of halogens is 3. The van der Waals surface area contributed by atoms with Crippen LogP contribution in [0.4, 0.5) is 13.2 Å². The van der Waals surface area contributed by atoms with E-state index in [1.54, 1.807) is 6.07 Å². The molecule has 1 aromatic carbocycles. The van der Waals surface area contributed by atoms with Crippen LogP contribution in [0.3, 0.4) is 0 Å². The average molecular weight is 316 g/mol. The molecule has 22 heavy (non-hydrogen) atoms. The van der Waals surface area contributed by atoms with Crippen LogP contribution < -0.4 is 10.2 Å². The van der Waals surface area contributed by atoms with Crippen LogP contribution in [0.1, 0.15) is 39.2 Å². The highest BCUT2D eigenvalue weighted by atomic mass is 19.3. The van der Waals surface area contributed by atoms with Gasteiger partial charge in [0.2, 0.25) is 0 Å². The molecule has 0 N–H and O–H groups in total. The monoisotopic (exact) mass is 316 g/mol. The summed E-state index contributed by atoms with van der Waals surface area (Å²) in [6.07, 6.45) is 0. The molecule has 1 aromatic rings. The second-order valence-electron chi connectivity index (χ2n) is 6.57. The van der Waals surface area contributed by atoms with Gasteiger partial charge in [-0.05, 0) is 17.5 Å². The van der Waals surface area contributed by atoms with Crippen molar-refractivity contribution >= 4 is 12.6 Å². The molecular formula is C15H20BF3O3. The first-order chi connectivity index (χ1) is 10.2. The third kappa shape index (κ3) is 3.95. The van der Waals surface area contributed by atoms with Gasteiger partial charge in [-0.3, -0.25) is 0 Å². The molecule has 7 heteroatoms. The molecule has 0 unspecified atom stereocenters. The second-order valence-corrected chi connectivity index (χ2v) is 6.57. The van der Waals surface area contributed by atoms with Crippen LogP contribution >= 0.6 is 0 Å². The molecular weight excluding hydrogens is 296 g/mol. The van der Waals surface area contributed by atoms with Crippen molar-refractivity contribution in [1.82, 2.24) is 0 Å². The Morgan fingerprint density at radius 2 is 1.77 bits per heavy atom. The molecule has 0 spiro atoms. The normalized spacial score (nSPS) is 18.1. The van der Waals surface area contributed by atoms with Crippen LogP contribution in [0.15, 0.2) is 12.1 Å². The van der Waals surface area contributed by atoms with Crippen LogP contribution in [0.5, 0.6) is 5.75 Å². The Bertz CT molecular complexity index is 525. The Labute approximate surface area is 128 Å². The van der Waals surface area contributed by atoms with Crippen LogP contribution in [0.25, 0.3) is 0 Å². The average Bonchev–Trinajstić information content (AvgIpc) is 2.40. The van der Waals surface area contributed by atoms with Crippen molar-refractivity contribution < 1.29 is 27.2 Å². The van der Waals surface area contributed by atoms with Gasteiger partial charge < -0.3 is 14.0 Å². The van der Waals surface area contributed by atoms with Gasteiger partial charge in [0.15, 0.2) is 11.6 Å². The Hall–Kier alpha value is -1.21. The van der Waals surface area contributed by atoms with E-state index in [1.165, 1.54) is 6.07 Å². The molecule has 0 bridgehead atoms. The highest BCUT2D eigenvalue weighted by Gasteiger charge is 2.37. The third-order valence-electron chi connectivity index (χ3n) is 3.47. The van der Waals surface area contributed by atoms with E-state index in [9.17, 15) is 13.2 Å². The van der Waals surface area contributed by atoms with Crippen molar-refractivity contribution in [1.29, 1.82) is 0 Å².